The van der Waals surface area contributed by atoms with E-state index in [1.54, 1.807) is 6.07 Å². The monoisotopic (exact) mass is 276 g/mol. The summed E-state index contributed by atoms with van der Waals surface area (Å²) in [4.78, 5) is 20.8. The lowest BCUT2D eigenvalue weighted by Gasteiger charge is -2.08. The van der Waals surface area contributed by atoms with Gasteiger partial charge in [0.15, 0.2) is 0 Å². The Morgan fingerprint density at radius 1 is 1.40 bits per heavy atom. The van der Waals surface area contributed by atoms with Crippen LogP contribution in [-0.4, -0.2) is 16.0 Å². The molecule has 1 aromatic carbocycles. The second-order valence-corrected chi connectivity index (χ2v) is 4.19. The number of aromatic carboxylic acids is 1. The van der Waals surface area contributed by atoms with Crippen molar-refractivity contribution in [3.63, 3.8) is 0 Å². The first-order valence-corrected chi connectivity index (χ1v) is 5.78. The lowest BCUT2D eigenvalue weighted by Crippen LogP contribution is -2.03. The fourth-order valence-electron chi connectivity index (χ4n) is 1.69. The molecular weight excluding hydrogens is 264 g/mol. The van der Waals surface area contributed by atoms with E-state index >= 15 is 0 Å². The number of hydrogen-bond acceptors (Lipinski definition) is 5. The normalized spacial score (nSPS) is 10.2. The Labute approximate surface area is 114 Å². The van der Waals surface area contributed by atoms with Crippen LogP contribution < -0.4 is 5.32 Å². The number of benzene rings is 1. The first-order chi connectivity index (χ1) is 9.47. The number of aryl methyl sites for hydroxylation is 1. The number of hydrogen-bond donors (Lipinski definition) is 2. The van der Waals surface area contributed by atoms with Gasteiger partial charge in [0.1, 0.15) is 10.7 Å². The number of nitrogens with zero attached hydrogens (tertiary/aromatic N) is 1. The molecule has 0 saturated heterocycles. The summed E-state index contributed by atoms with van der Waals surface area (Å²) in [6, 6.07) is 7.49. The molecule has 2 aromatic rings. The van der Waals surface area contributed by atoms with E-state index < -0.39 is 10.9 Å². The van der Waals surface area contributed by atoms with Crippen molar-refractivity contribution in [3.05, 3.63) is 57.3 Å². The number of anilines is 1. The summed E-state index contributed by atoms with van der Waals surface area (Å²) in [7, 11) is 0. The van der Waals surface area contributed by atoms with Crippen LogP contribution in [0.4, 0.5) is 11.6 Å². The minimum atomic E-state index is -1.01. The summed E-state index contributed by atoms with van der Waals surface area (Å²) in [6.45, 7) is 2.07. The maximum atomic E-state index is 10.9. The number of furan rings is 1. The van der Waals surface area contributed by atoms with Crippen LogP contribution >= 0.6 is 0 Å². The van der Waals surface area contributed by atoms with Gasteiger partial charge in [0.05, 0.1) is 18.2 Å². The van der Waals surface area contributed by atoms with Crippen molar-refractivity contribution in [1.82, 2.24) is 0 Å². The van der Waals surface area contributed by atoms with Gasteiger partial charge >= 0.3 is 11.9 Å². The van der Waals surface area contributed by atoms with E-state index in [2.05, 4.69) is 5.32 Å². The Morgan fingerprint density at radius 2 is 2.15 bits per heavy atom. The Kier molecular flexibility index (Phi) is 3.69. The van der Waals surface area contributed by atoms with Crippen LogP contribution in [0.3, 0.4) is 0 Å². The predicted octanol–water partition coefficient (Wildman–Crippen LogP) is 2.81. The largest absolute Gasteiger partial charge is 0.478 e. The standard InChI is InChI=1S/C13H12N2O5/c1-8-2-3-9(13(16)17)6-11(8)14-7-10-4-5-12(20-10)15(18)19/h2-6,14H,7H2,1H3,(H,16,17). The molecular formula is C13H12N2O5. The number of carboxylic acid groups (broad SMARTS) is 1. The van der Waals surface area contributed by atoms with Crippen molar-refractivity contribution in [3.8, 4) is 0 Å². The number of rotatable bonds is 5. The minimum Gasteiger partial charge on any atom is -0.478 e. The number of nitrogens with one attached hydrogen (secondary N) is 1. The molecule has 0 aliphatic carbocycles. The first-order valence-electron chi connectivity index (χ1n) is 5.78. The van der Waals surface area contributed by atoms with Crippen LogP contribution in [-0.2, 0) is 6.54 Å². The summed E-state index contributed by atoms with van der Waals surface area (Å²) < 4.78 is 5.01. The quantitative estimate of drug-likeness (QED) is 0.642. The molecule has 20 heavy (non-hydrogen) atoms. The molecule has 0 fully saturated rings. The summed E-state index contributed by atoms with van der Waals surface area (Å²) in [6.07, 6.45) is 0. The second-order valence-electron chi connectivity index (χ2n) is 4.19. The van der Waals surface area contributed by atoms with Crippen LogP contribution in [0.15, 0.2) is 34.7 Å². The lowest BCUT2D eigenvalue weighted by atomic mass is 10.1. The third-order valence-electron chi connectivity index (χ3n) is 2.77. The molecule has 2 N–H and O–H groups in total. The molecule has 2 rings (SSSR count). The molecule has 0 spiro atoms. The van der Waals surface area contributed by atoms with Gasteiger partial charge in [-0.1, -0.05) is 6.07 Å². The molecule has 0 saturated carbocycles. The van der Waals surface area contributed by atoms with Crippen LogP contribution in [0, 0.1) is 17.0 Å². The van der Waals surface area contributed by atoms with E-state index in [1.807, 2.05) is 6.92 Å². The highest BCUT2D eigenvalue weighted by Crippen LogP contribution is 2.20. The fraction of sp³-hybridized carbons (Fsp3) is 0.154. The van der Waals surface area contributed by atoms with Gasteiger partial charge in [-0.05, 0) is 30.7 Å². The zero-order valence-electron chi connectivity index (χ0n) is 10.6. The van der Waals surface area contributed by atoms with E-state index in [0.29, 0.717) is 11.4 Å². The minimum absolute atomic E-state index is 0.170. The Balaban J connectivity index is 2.11. The third kappa shape index (κ3) is 2.94. The Bertz CT molecular complexity index is 663. The molecule has 7 heteroatoms. The average molecular weight is 276 g/mol. The molecule has 0 aliphatic rings. The summed E-state index contributed by atoms with van der Waals surface area (Å²) in [5, 5.41) is 22.4. The van der Waals surface area contributed by atoms with Gasteiger partial charge in [-0.25, -0.2) is 4.79 Å². The maximum Gasteiger partial charge on any atom is 0.433 e. The highest BCUT2D eigenvalue weighted by Gasteiger charge is 2.12. The molecule has 0 radical (unpaired) electrons. The summed E-state index contributed by atoms with van der Waals surface area (Å²) >= 11 is 0. The van der Waals surface area contributed by atoms with Gasteiger partial charge in [-0.15, -0.1) is 0 Å². The van der Waals surface area contributed by atoms with E-state index in [4.69, 9.17) is 9.52 Å². The zero-order chi connectivity index (χ0) is 14.7. The lowest BCUT2D eigenvalue weighted by molar-refractivity contribution is -0.402. The SMILES string of the molecule is Cc1ccc(C(=O)O)cc1NCc1ccc([N+](=O)[O-])o1. The number of nitro groups is 1. The molecule has 0 unspecified atom stereocenters. The maximum absolute atomic E-state index is 10.9. The Morgan fingerprint density at radius 3 is 2.75 bits per heavy atom. The van der Waals surface area contributed by atoms with Crippen molar-refractivity contribution in [1.29, 1.82) is 0 Å². The molecule has 0 bridgehead atoms. The molecule has 0 aliphatic heterocycles. The topological polar surface area (TPSA) is 106 Å². The van der Waals surface area contributed by atoms with Crippen LogP contribution in [0.25, 0.3) is 0 Å². The highest BCUT2D eigenvalue weighted by molar-refractivity contribution is 5.89. The summed E-state index contributed by atoms with van der Waals surface area (Å²) in [5.41, 5.74) is 1.68. The highest BCUT2D eigenvalue weighted by atomic mass is 16.6. The van der Waals surface area contributed by atoms with E-state index in [-0.39, 0.29) is 18.0 Å². The van der Waals surface area contributed by atoms with Crippen molar-refractivity contribution in [2.45, 2.75) is 13.5 Å². The number of carbonyl (C=O) groups is 1. The van der Waals surface area contributed by atoms with Gasteiger partial charge in [0, 0.05) is 5.69 Å². The van der Waals surface area contributed by atoms with Gasteiger partial charge in [-0.2, -0.15) is 0 Å². The second kappa shape index (κ2) is 5.43. The smallest absolute Gasteiger partial charge is 0.433 e. The number of carboxylic acids is 1. The fourth-order valence-corrected chi connectivity index (χ4v) is 1.69. The van der Waals surface area contributed by atoms with Gasteiger partial charge in [0.25, 0.3) is 0 Å². The van der Waals surface area contributed by atoms with E-state index in [1.165, 1.54) is 24.3 Å². The molecule has 0 amide bonds. The molecule has 0 atom stereocenters. The molecule has 104 valence electrons. The molecule has 7 nitrogen and oxygen atoms in total. The van der Waals surface area contributed by atoms with Gasteiger partial charge < -0.3 is 14.8 Å². The Hall–Kier alpha value is -2.83. The van der Waals surface area contributed by atoms with Gasteiger partial charge in [-0.3, -0.25) is 10.1 Å². The van der Waals surface area contributed by atoms with Crippen LogP contribution in [0.2, 0.25) is 0 Å². The van der Waals surface area contributed by atoms with Crippen LogP contribution in [0.5, 0.6) is 0 Å². The predicted molar refractivity (Wildman–Crippen MR) is 70.8 cm³/mol. The van der Waals surface area contributed by atoms with Gasteiger partial charge in [0.2, 0.25) is 0 Å². The first kappa shape index (κ1) is 13.6. The van der Waals surface area contributed by atoms with Crippen molar-refractivity contribution in [2.24, 2.45) is 0 Å². The van der Waals surface area contributed by atoms with Crippen molar-refractivity contribution < 1.29 is 19.2 Å². The summed E-state index contributed by atoms with van der Waals surface area (Å²) in [5.74, 6) is -0.934. The van der Waals surface area contributed by atoms with E-state index in [0.717, 1.165) is 5.56 Å². The molecule has 1 aromatic heterocycles. The average Bonchev–Trinajstić information content (AvgIpc) is 2.86. The molecule has 1 heterocycles. The third-order valence-corrected chi connectivity index (χ3v) is 2.77. The van der Waals surface area contributed by atoms with Crippen LogP contribution in [0.1, 0.15) is 21.7 Å². The van der Waals surface area contributed by atoms with Crippen molar-refractivity contribution in [2.75, 3.05) is 5.32 Å². The van der Waals surface area contributed by atoms with Crippen molar-refractivity contribution >= 4 is 17.5 Å². The van der Waals surface area contributed by atoms with E-state index in [9.17, 15) is 14.9 Å². The zero-order valence-corrected chi connectivity index (χ0v) is 10.6.